The predicted octanol–water partition coefficient (Wildman–Crippen LogP) is 1.23. The molecule has 1 aliphatic carbocycles. The molecule has 5 nitrogen and oxygen atoms in total. The van der Waals surface area contributed by atoms with Gasteiger partial charge in [0.05, 0.1) is 5.69 Å². The summed E-state index contributed by atoms with van der Waals surface area (Å²) in [7, 11) is 0. The summed E-state index contributed by atoms with van der Waals surface area (Å²) in [6.45, 7) is 3.88. The molecule has 0 bridgehead atoms. The van der Waals surface area contributed by atoms with Crippen molar-refractivity contribution in [2.75, 3.05) is 31.1 Å². The minimum absolute atomic E-state index is 0.0101. The van der Waals surface area contributed by atoms with Crippen molar-refractivity contribution < 1.29 is 0 Å². The molecule has 2 N–H and O–H groups in total. The molecule has 19 heavy (non-hydrogen) atoms. The van der Waals surface area contributed by atoms with Gasteiger partial charge in [-0.25, -0.2) is 4.98 Å². The van der Waals surface area contributed by atoms with Crippen LogP contribution in [0.3, 0.4) is 0 Å². The summed E-state index contributed by atoms with van der Waals surface area (Å²) in [5, 5.41) is 3.37. The van der Waals surface area contributed by atoms with Gasteiger partial charge in [0, 0.05) is 31.6 Å². The molecule has 0 radical (unpaired) electrons. The predicted molar refractivity (Wildman–Crippen MR) is 75.8 cm³/mol. The van der Waals surface area contributed by atoms with Crippen LogP contribution in [0.4, 0.5) is 5.95 Å². The van der Waals surface area contributed by atoms with Crippen LogP contribution in [0.2, 0.25) is 0 Å². The average molecular weight is 262 g/mol. The van der Waals surface area contributed by atoms with E-state index in [-0.39, 0.29) is 5.56 Å². The number of anilines is 1. The number of hydrogen-bond acceptors (Lipinski definition) is 4. The van der Waals surface area contributed by atoms with Gasteiger partial charge in [0.2, 0.25) is 5.95 Å². The van der Waals surface area contributed by atoms with E-state index >= 15 is 0 Å². The summed E-state index contributed by atoms with van der Waals surface area (Å²) in [6, 6.07) is 1.69. The Balaban J connectivity index is 1.85. The lowest BCUT2D eigenvalue weighted by Gasteiger charge is -2.21. The van der Waals surface area contributed by atoms with Crippen molar-refractivity contribution >= 4 is 5.95 Å². The first-order valence-corrected chi connectivity index (χ1v) is 7.40. The van der Waals surface area contributed by atoms with Crippen LogP contribution in [0.25, 0.3) is 0 Å². The van der Waals surface area contributed by atoms with Gasteiger partial charge in [0.1, 0.15) is 0 Å². The van der Waals surface area contributed by atoms with E-state index in [0.29, 0.717) is 5.92 Å². The van der Waals surface area contributed by atoms with E-state index in [2.05, 4.69) is 15.2 Å². The van der Waals surface area contributed by atoms with E-state index in [1.165, 1.54) is 25.7 Å². The van der Waals surface area contributed by atoms with Gasteiger partial charge in [-0.1, -0.05) is 12.8 Å². The van der Waals surface area contributed by atoms with Crippen LogP contribution in [0, 0.1) is 0 Å². The number of nitrogens with one attached hydrogen (secondary N) is 2. The van der Waals surface area contributed by atoms with E-state index < -0.39 is 0 Å². The van der Waals surface area contributed by atoms with E-state index in [4.69, 9.17) is 4.98 Å². The minimum atomic E-state index is -0.0101. The normalized spacial score (nSPS) is 21.6. The number of aromatic amines is 1. The summed E-state index contributed by atoms with van der Waals surface area (Å²) in [4.78, 5) is 21.7. The standard InChI is InChI=1S/C14H22N4O/c19-13-10-12(11-4-1-2-5-11)16-14(17-13)18-8-3-6-15-7-9-18/h10-11,15H,1-9H2,(H,16,17,19). The quantitative estimate of drug-likeness (QED) is 0.841. The Kier molecular flexibility index (Phi) is 3.82. The first-order valence-electron chi connectivity index (χ1n) is 7.40. The highest BCUT2D eigenvalue weighted by Crippen LogP contribution is 2.32. The van der Waals surface area contributed by atoms with Gasteiger partial charge in [0.15, 0.2) is 0 Å². The molecule has 2 fully saturated rings. The Hall–Kier alpha value is -1.36. The van der Waals surface area contributed by atoms with E-state index in [1.807, 2.05) is 0 Å². The maximum atomic E-state index is 11.9. The van der Waals surface area contributed by atoms with Crippen molar-refractivity contribution in [2.45, 2.75) is 38.0 Å². The molecule has 104 valence electrons. The fourth-order valence-corrected chi connectivity index (χ4v) is 3.10. The summed E-state index contributed by atoms with van der Waals surface area (Å²) < 4.78 is 0. The number of rotatable bonds is 2. The third-order valence-electron chi connectivity index (χ3n) is 4.16. The fraction of sp³-hybridized carbons (Fsp3) is 0.714. The van der Waals surface area contributed by atoms with Crippen LogP contribution in [0.1, 0.15) is 43.7 Å². The molecular weight excluding hydrogens is 240 g/mol. The summed E-state index contributed by atoms with van der Waals surface area (Å²) >= 11 is 0. The third-order valence-corrected chi connectivity index (χ3v) is 4.16. The van der Waals surface area contributed by atoms with E-state index in [1.54, 1.807) is 6.07 Å². The Morgan fingerprint density at radius 2 is 2.00 bits per heavy atom. The molecule has 1 aromatic rings. The Morgan fingerprint density at radius 3 is 2.84 bits per heavy atom. The molecule has 1 aliphatic heterocycles. The summed E-state index contributed by atoms with van der Waals surface area (Å²) in [5.41, 5.74) is 0.984. The molecule has 0 unspecified atom stereocenters. The Labute approximate surface area is 113 Å². The van der Waals surface area contributed by atoms with Gasteiger partial charge >= 0.3 is 0 Å². The zero-order valence-corrected chi connectivity index (χ0v) is 11.3. The molecule has 0 aromatic carbocycles. The topological polar surface area (TPSA) is 61.0 Å². The monoisotopic (exact) mass is 262 g/mol. The van der Waals surface area contributed by atoms with Gasteiger partial charge < -0.3 is 10.2 Å². The Morgan fingerprint density at radius 1 is 1.16 bits per heavy atom. The SMILES string of the molecule is O=c1cc(C2CCCC2)nc(N2CCCNCC2)[nH]1. The van der Waals surface area contributed by atoms with Crippen LogP contribution >= 0.6 is 0 Å². The summed E-state index contributed by atoms with van der Waals surface area (Å²) in [5.74, 6) is 1.25. The molecule has 0 spiro atoms. The number of aromatic nitrogens is 2. The highest BCUT2D eigenvalue weighted by molar-refractivity contribution is 5.31. The number of H-pyrrole nitrogens is 1. The molecule has 3 rings (SSSR count). The lowest BCUT2D eigenvalue weighted by Crippen LogP contribution is -2.31. The molecule has 1 saturated heterocycles. The molecule has 2 aliphatic rings. The lowest BCUT2D eigenvalue weighted by molar-refractivity contribution is 0.682. The molecule has 5 heteroatoms. The van der Waals surface area contributed by atoms with Crippen molar-refractivity contribution in [2.24, 2.45) is 0 Å². The second kappa shape index (κ2) is 5.74. The van der Waals surface area contributed by atoms with Crippen molar-refractivity contribution in [3.05, 3.63) is 22.1 Å². The number of hydrogen-bond donors (Lipinski definition) is 2. The maximum absolute atomic E-state index is 11.9. The molecule has 1 aromatic heterocycles. The minimum Gasteiger partial charge on any atom is -0.341 e. The van der Waals surface area contributed by atoms with Crippen LogP contribution in [-0.4, -0.2) is 36.1 Å². The van der Waals surface area contributed by atoms with Crippen LogP contribution in [-0.2, 0) is 0 Å². The summed E-state index contributed by atoms with van der Waals surface area (Å²) in [6.07, 6.45) is 5.98. The largest absolute Gasteiger partial charge is 0.341 e. The molecule has 0 atom stereocenters. The molecule has 1 saturated carbocycles. The first-order chi connectivity index (χ1) is 9.33. The van der Waals surface area contributed by atoms with Crippen molar-refractivity contribution in [1.82, 2.24) is 15.3 Å². The van der Waals surface area contributed by atoms with Gasteiger partial charge in [-0.3, -0.25) is 9.78 Å². The van der Waals surface area contributed by atoms with Gasteiger partial charge in [-0.05, 0) is 25.8 Å². The third kappa shape index (κ3) is 2.97. The zero-order valence-electron chi connectivity index (χ0n) is 11.3. The number of nitrogens with zero attached hydrogens (tertiary/aromatic N) is 2. The van der Waals surface area contributed by atoms with E-state index in [9.17, 15) is 4.79 Å². The van der Waals surface area contributed by atoms with Crippen molar-refractivity contribution in [1.29, 1.82) is 0 Å². The van der Waals surface area contributed by atoms with E-state index in [0.717, 1.165) is 44.2 Å². The molecule has 2 heterocycles. The lowest BCUT2D eigenvalue weighted by atomic mass is 10.0. The zero-order chi connectivity index (χ0) is 13.1. The van der Waals surface area contributed by atoms with Crippen LogP contribution < -0.4 is 15.8 Å². The first kappa shape index (κ1) is 12.7. The van der Waals surface area contributed by atoms with Crippen molar-refractivity contribution in [3.8, 4) is 0 Å². The van der Waals surface area contributed by atoms with Crippen LogP contribution in [0.15, 0.2) is 10.9 Å². The fourth-order valence-electron chi connectivity index (χ4n) is 3.10. The maximum Gasteiger partial charge on any atom is 0.252 e. The second-order valence-corrected chi connectivity index (χ2v) is 5.57. The van der Waals surface area contributed by atoms with Crippen molar-refractivity contribution in [3.63, 3.8) is 0 Å². The highest BCUT2D eigenvalue weighted by Gasteiger charge is 2.21. The highest BCUT2D eigenvalue weighted by atomic mass is 16.1. The van der Waals surface area contributed by atoms with Gasteiger partial charge in [-0.15, -0.1) is 0 Å². The molecule has 0 amide bonds. The van der Waals surface area contributed by atoms with Gasteiger partial charge in [-0.2, -0.15) is 0 Å². The smallest absolute Gasteiger partial charge is 0.252 e. The Bertz CT molecular complexity index is 471. The average Bonchev–Trinajstić information content (AvgIpc) is 2.81. The second-order valence-electron chi connectivity index (χ2n) is 5.57. The van der Waals surface area contributed by atoms with Gasteiger partial charge in [0.25, 0.3) is 5.56 Å². The molecular formula is C14H22N4O. The van der Waals surface area contributed by atoms with Crippen LogP contribution in [0.5, 0.6) is 0 Å².